The molecular formula is C15H27N3O. The second-order valence-electron chi connectivity index (χ2n) is 6.04. The first-order chi connectivity index (χ1) is 8.83. The van der Waals surface area contributed by atoms with E-state index in [1.165, 1.54) is 5.56 Å². The minimum Gasteiger partial charge on any atom is -0.383 e. The van der Waals surface area contributed by atoms with Crippen LogP contribution in [0.15, 0.2) is 18.3 Å². The Hall–Kier alpha value is -1.13. The van der Waals surface area contributed by atoms with Crippen LogP contribution in [0, 0.1) is 0 Å². The zero-order valence-electron chi connectivity index (χ0n) is 13.0. The summed E-state index contributed by atoms with van der Waals surface area (Å²) in [6.07, 6.45) is 1.87. The fourth-order valence-electron chi connectivity index (χ4n) is 1.71. The molecule has 0 fully saturated rings. The van der Waals surface area contributed by atoms with E-state index in [9.17, 15) is 0 Å². The summed E-state index contributed by atoms with van der Waals surface area (Å²) in [5.74, 6) is 0.984. The van der Waals surface area contributed by atoms with Crippen molar-refractivity contribution in [2.75, 3.05) is 25.7 Å². The summed E-state index contributed by atoms with van der Waals surface area (Å²) in [6, 6.07) is 4.49. The molecule has 0 aliphatic rings. The fourth-order valence-corrected chi connectivity index (χ4v) is 1.71. The molecule has 0 saturated heterocycles. The van der Waals surface area contributed by atoms with Gasteiger partial charge in [0.15, 0.2) is 0 Å². The quantitative estimate of drug-likeness (QED) is 0.857. The van der Waals surface area contributed by atoms with Gasteiger partial charge in [-0.2, -0.15) is 0 Å². The molecular weight excluding hydrogens is 238 g/mol. The van der Waals surface area contributed by atoms with E-state index in [0.29, 0.717) is 12.6 Å². The maximum Gasteiger partial charge on any atom is 0.128 e. The zero-order valence-corrected chi connectivity index (χ0v) is 13.0. The van der Waals surface area contributed by atoms with Gasteiger partial charge in [0, 0.05) is 32.4 Å². The predicted octanol–water partition coefficient (Wildman–Crippen LogP) is 2.44. The van der Waals surface area contributed by atoms with E-state index < -0.39 is 0 Å². The Balaban J connectivity index is 2.71. The van der Waals surface area contributed by atoms with E-state index in [0.717, 1.165) is 12.4 Å². The van der Waals surface area contributed by atoms with E-state index in [4.69, 9.17) is 4.74 Å². The summed E-state index contributed by atoms with van der Waals surface area (Å²) >= 11 is 0. The van der Waals surface area contributed by atoms with E-state index >= 15 is 0 Å². The molecule has 0 spiro atoms. The Bertz CT molecular complexity index is 387. The van der Waals surface area contributed by atoms with Crippen LogP contribution in [0.3, 0.4) is 0 Å². The molecule has 4 heteroatoms. The molecule has 0 aliphatic heterocycles. The van der Waals surface area contributed by atoms with Crippen LogP contribution in [0.5, 0.6) is 0 Å². The smallest absolute Gasteiger partial charge is 0.128 e. The summed E-state index contributed by atoms with van der Waals surface area (Å²) in [7, 11) is 3.77. The highest BCUT2D eigenvalue weighted by molar-refractivity contribution is 5.41. The lowest BCUT2D eigenvalue weighted by Crippen LogP contribution is -2.35. The molecule has 108 valence electrons. The van der Waals surface area contributed by atoms with Gasteiger partial charge >= 0.3 is 0 Å². The molecule has 0 saturated carbocycles. The third-order valence-corrected chi connectivity index (χ3v) is 3.06. The first-order valence-corrected chi connectivity index (χ1v) is 6.75. The summed E-state index contributed by atoms with van der Waals surface area (Å²) in [5.41, 5.74) is 1.37. The van der Waals surface area contributed by atoms with Crippen molar-refractivity contribution in [2.24, 2.45) is 0 Å². The molecule has 1 heterocycles. The summed E-state index contributed by atoms with van der Waals surface area (Å²) in [4.78, 5) is 6.57. The SMILES string of the molecule is COCC(C)N(C)c1cc(CNC(C)(C)C)ccn1. The standard InChI is InChI=1S/C15H27N3O/c1-12(11-19-6)18(5)14-9-13(7-8-16-14)10-17-15(2,3)4/h7-9,12,17H,10-11H2,1-6H3. The third kappa shape index (κ3) is 5.57. The van der Waals surface area contributed by atoms with E-state index in [1.807, 2.05) is 13.2 Å². The maximum absolute atomic E-state index is 5.19. The van der Waals surface area contributed by atoms with Crippen molar-refractivity contribution in [2.45, 2.75) is 45.8 Å². The van der Waals surface area contributed by atoms with Crippen LogP contribution in [0.4, 0.5) is 5.82 Å². The van der Waals surface area contributed by atoms with Crippen LogP contribution in [-0.2, 0) is 11.3 Å². The van der Waals surface area contributed by atoms with Gasteiger partial charge in [0.1, 0.15) is 5.82 Å². The van der Waals surface area contributed by atoms with Crippen molar-refractivity contribution in [3.05, 3.63) is 23.9 Å². The summed E-state index contributed by atoms with van der Waals surface area (Å²) in [5, 5.41) is 3.49. The fraction of sp³-hybridized carbons (Fsp3) is 0.667. The molecule has 1 unspecified atom stereocenters. The maximum atomic E-state index is 5.19. The first kappa shape index (κ1) is 15.9. The monoisotopic (exact) mass is 265 g/mol. The average molecular weight is 265 g/mol. The number of pyridine rings is 1. The molecule has 0 aliphatic carbocycles. The van der Waals surface area contributed by atoms with Crippen molar-refractivity contribution in [3.8, 4) is 0 Å². The Morgan fingerprint density at radius 1 is 1.42 bits per heavy atom. The molecule has 1 atom stereocenters. The summed E-state index contributed by atoms with van der Waals surface area (Å²) in [6.45, 7) is 10.2. The Morgan fingerprint density at radius 3 is 2.68 bits per heavy atom. The van der Waals surface area contributed by atoms with Crippen LogP contribution in [0.1, 0.15) is 33.3 Å². The van der Waals surface area contributed by atoms with Crippen molar-refractivity contribution in [1.29, 1.82) is 0 Å². The van der Waals surface area contributed by atoms with E-state index in [-0.39, 0.29) is 5.54 Å². The van der Waals surface area contributed by atoms with Gasteiger partial charge in [-0.05, 0) is 45.4 Å². The van der Waals surface area contributed by atoms with Gasteiger partial charge in [-0.1, -0.05) is 0 Å². The van der Waals surface area contributed by atoms with Crippen LogP contribution in [0.25, 0.3) is 0 Å². The molecule has 0 radical (unpaired) electrons. The topological polar surface area (TPSA) is 37.4 Å². The number of hydrogen-bond donors (Lipinski definition) is 1. The number of methoxy groups -OCH3 is 1. The van der Waals surface area contributed by atoms with Crippen molar-refractivity contribution in [3.63, 3.8) is 0 Å². The van der Waals surface area contributed by atoms with E-state index in [1.54, 1.807) is 7.11 Å². The van der Waals surface area contributed by atoms with Gasteiger partial charge in [-0.3, -0.25) is 0 Å². The molecule has 1 rings (SSSR count). The van der Waals surface area contributed by atoms with Gasteiger partial charge in [0.2, 0.25) is 0 Å². The number of ether oxygens (including phenoxy) is 1. The van der Waals surface area contributed by atoms with Crippen molar-refractivity contribution >= 4 is 5.82 Å². The van der Waals surface area contributed by atoms with Gasteiger partial charge in [-0.25, -0.2) is 4.98 Å². The summed E-state index contributed by atoms with van der Waals surface area (Å²) < 4.78 is 5.19. The van der Waals surface area contributed by atoms with Gasteiger partial charge in [0.05, 0.1) is 12.6 Å². The Morgan fingerprint density at radius 2 is 2.11 bits per heavy atom. The number of hydrogen-bond acceptors (Lipinski definition) is 4. The lowest BCUT2D eigenvalue weighted by atomic mass is 10.1. The largest absolute Gasteiger partial charge is 0.383 e. The third-order valence-electron chi connectivity index (χ3n) is 3.06. The molecule has 1 N–H and O–H groups in total. The van der Waals surface area contributed by atoms with Crippen LogP contribution in [0.2, 0.25) is 0 Å². The molecule has 4 nitrogen and oxygen atoms in total. The number of rotatable bonds is 6. The van der Waals surface area contributed by atoms with Gasteiger partial charge < -0.3 is 15.0 Å². The van der Waals surface area contributed by atoms with Crippen molar-refractivity contribution < 1.29 is 4.74 Å². The van der Waals surface area contributed by atoms with Gasteiger partial charge in [0.25, 0.3) is 0 Å². The number of nitrogens with one attached hydrogen (secondary N) is 1. The molecule has 1 aromatic heterocycles. The molecule has 0 amide bonds. The number of likely N-dealkylation sites (N-methyl/N-ethyl adjacent to an activating group) is 1. The zero-order chi connectivity index (χ0) is 14.5. The predicted molar refractivity (Wildman–Crippen MR) is 80.6 cm³/mol. The van der Waals surface area contributed by atoms with Gasteiger partial charge in [-0.15, -0.1) is 0 Å². The minimum atomic E-state index is 0.124. The lowest BCUT2D eigenvalue weighted by molar-refractivity contribution is 0.183. The molecule has 19 heavy (non-hydrogen) atoms. The molecule has 0 bridgehead atoms. The molecule has 1 aromatic rings. The molecule has 0 aromatic carbocycles. The number of aromatic nitrogens is 1. The van der Waals surface area contributed by atoms with Crippen LogP contribution >= 0.6 is 0 Å². The second kappa shape index (κ2) is 6.87. The number of nitrogens with zero attached hydrogens (tertiary/aromatic N) is 2. The van der Waals surface area contributed by atoms with Crippen molar-refractivity contribution in [1.82, 2.24) is 10.3 Å². The number of anilines is 1. The van der Waals surface area contributed by atoms with Crippen LogP contribution in [-0.4, -0.2) is 37.3 Å². The normalized spacial score (nSPS) is 13.4. The highest BCUT2D eigenvalue weighted by atomic mass is 16.5. The van der Waals surface area contributed by atoms with Crippen LogP contribution < -0.4 is 10.2 Å². The van der Waals surface area contributed by atoms with E-state index in [2.05, 4.69) is 55.0 Å². The Kier molecular flexibility index (Phi) is 5.76. The lowest BCUT2D eigenvalue weighted by Gasteiger charge is -2.26. The first-order valence-electron chi connectivity index (χ1n) is 6.75. The Labute approximate surface area is 117 Å². The highest BCUT2D eigenvalue weighted by Gasteiger charge is 2.12. The second-order valence-corrected chi connectivity index (χ2v) is 6.04. The minimum absolute atomic E-state index is 0.124. The highest BCUT2D eigenvalue weighted by Crippen LogP contribution is 2.14. The average Bonchev–Trinajstić information content (AvgIpc) is 2.35.